The van der Waals surface area contributed by atoms with Crippen LogP contribution in [0.5, 0.6) is 0 Å². The molecule has 0 fully saturated rings. The van der Waals surface area contributed by atoms with Crippen molar-refractivity contribution in [2.45, 2.75) is 70.3 Å². The van der Waals surface area contributed by atoms with E-state index in [4.69, 9.17) is 0 Å². The minimum atomic E-state index is -0.491. The van der Waals surface area contributed by atoms with Gasteiger partial charge < -0.3 is 0 Å². The monoisotopic (exact) mass is 336 g/mol. The van der Waals surface area contributed by atoms with E-state index in [1.807, 2.05) is 30.3 Å². The summed E-state index contributed by atoms with van der Waals surface area (Å²) in [6.45, 7) is 0.0731. The third-order valence-corrected chi connectivity index (χ3v) is 4.24. The molecule has 0 spiro atoms. The van der Waals surface area contributed by atoms with Gasteiger partial charge in [-0.15, -0.1) is 0 Å². The van der Waals surface area contributed by atoms with E-state index in [1.54, 1.807) is 0 Å². The maximum absolute atomic E-state index is 11.2. The highest BCUT2D eigenvalue weighted by Crippen LogP contribution is 2.14. The molecule has 0 saturated carbocycles. The van der Waals surface area contributed by atoms with Crippen molar-refractivity contribution >= 4 is 0 Å². The molecule has 1 aromatic rings. The third-order valence-electron chi connectivity index (χ3n) is 4.24. The van der Waals surface area contributed by atoms with Crippen LogP contribution < -0.4 is 0 Å². The van der Waals surface area contributed by atoms with Crippen LogP contribution in [0.25, 0.3) is 0 Å². The molecule has 1 atom stereocenters. The second kappa shape index (κ2) is 12.4. The van der Waals surface area contributed by atoms with Crippen molar-refractivity contribution in [2.24, 2.45) is 0 Å². The number of unbranched alkanes of at least 4 members (excludes halogenated alkanes) is 7. The number of nitrogens with zero attached hydrogens (tertiary/aromatic N) is 2. The topological polar surface area (TPSA) is 86.3 Å². The average molecular weight is 336 g/mol. The lowest BCUT2D eigenvalue weighted by molar-refractivity contribution is -0.523. The molecule has 1 unspecified atom stereocenters. The average Bonchev–Trinajstić information content (AvgIpc) is 2.56. The molecule has 1 aromatic carbocycles. The fraction of sp³-hybridized carbons (Fsp3) is 0.667. The lowest BCUT2D eigenvalue weighted by atomic mass is 10.00. The molecule has 0 aliphatic carbocycles. The zero-order chi connectivity index (χ0) is 17.6. The van der Waals surface area contributed by atoms with E-state index >= 15 is 0 Å². The molecule has 6 heteroatoms. The Morgan fingerprint density at radius 2 is 1.33 bits per heavy atom. The molecule has 0 N–H and O–H groups in total. The van der Waals surface area contributed by atoms with E-state index in [-0.39, 0.29) is 16.4 Å². The summed E-state index contributed by atoms with van der Waals surface area (Å²) in [6, 6.07) is 9.14. The van der Waals surface area contributed by atoms with Gasteiger partial charge in [-0.2, -0.15) is 0 Å². The summed E-state index contributed by atoms with van der Waals surface area (Å²) in [5.41, 5.74) is 1.02. The van der Waals surface area contributed by atoms with Crippen molar-refractivity contribution in [2.75, 3.05) is 6.54 Å². The molecule has 0 radical (unpaired) electrons. The maximum Gasteiger partial charge on any atom is 0.217 e. The Morgan fingerprint density at radius 3 is 1.88 bits per heavy atom. The molecule has 6 nitrogen and oxygen atoms in total. The van der Waals surface area contributed by atoms with Crippen LogP contribution in [-0.2, 0) is 6.42 Å². The molecular formula is C18H28N2O4. The van der Waals surface area contributed by atoms with Gasteiger partial charge in [-0.05, 0) is 18.4 Å². The highest BCUT2D eigenvalue weighted by molar-refractivity contribution is 5.15. The third kappa shape index (κ3) is 9.92. The molecule has 0 saturated heterocycles. The van der Waals surface area contributed by atoms with Crippen molar-refractivity contribution < 1.29 is 9.85 Å². The summed E-state index contributed by atoms with van der Waals surface area (Å²) < 4.78 is 0. The van der Waals surface area contributed by atoms with Gasteiger partial charge in [0.15, 0.2) is 0 Å². The summed E-state index contributed by atoms with van der Waals surface area (Å²) in [4.78, 5) is 20.9. The van der Waals surface area contributed by atoms with Gasteiger partial charge in [0.25, 0.3) is 0 Å². The van der Waals surface area contributed by atoms with Crippen LogP contribution in [0.3, 0.4) is 0 Å². The standard InChI is InChI=1S/C18H28N2O4/c21-19(22)15-11-6-4-2-1-3-5-10-14-18(20(23)24)16-17-12-8-7-9-13-17/h7-9,12-13,18H,1-6,10-11,14-16H2. The summed E-state index contributed by atoms with van der Waals surface area (Å²) >= 11 is 0. The van der Waals surface area contributed by atoms with Crippen LogP contribution in [0.15, 0.2) is 30.3 Å². The Morgan fingerprint density at radius 1 is 0.792 bits per heavy atom. The summed E-state index contributed by atoms with van der Waals surface area (Å²) in [5.74, 6) is 0. The van der Waals surface area contributed by atoms with Crippen LogP contribution in [-0.4, -0.2) is 22.4 Å². The number of nitro groups is 2. The zero-order valence-electron chi connectivity index (χ0n) is 14.3. The first kappa shape index (κ1) is 20.1. The Balaban J connectivity index is 2.05. The highest BCUT2D eigenvalue weighted by Gasteiger charge is 2.19. The summed E-state index contributed by atoms with van der Waals surface area (Å²) in [7, 11) is 0. The van der Waals surface area contributed by atoms with Crippen molar-refractivity contribution in [3.05, 3.63) is 56.1 Å². The first-order valence-electron chi connectivity index (χ1n) is 8.89. The Bertz CT molecular complexity index is 479. The Labute approximate surface area is 143 Å². The van der Waals surface area contributed by atoms with E-state index < -0.39 is 6.04 Å². The Kier molecular flexibility index (Phi) is 10.4. The van der Waals surface area contributed by atoms with Gasteiger partial charge >= 0.3 is 0 Å². The molecule has 134 valence electrons. The predicted molar refractivity (Wildman–Crippen MR) is 94.3 cm³/mol. The van der Waals surface area contributed by atoms with Crippen molar-refractivity contribution in [1.82, 2.24) is 0 Å². The largest absolute Gasteiger partial charge is 0.265 e. The van der Waals surface area contributed by atoms with Gasteiger partial charge in [0, 0.05) is 29.1 Å². The smallest absolute Gasteiger partial charge is 0.217 e. The summed E-state index contributed by atoms with van der Waals surface area (Å²) in [6.07, 6.45) is 8.96. The molecule has 0 bridgehead atoms. The molecule has 0 amide bonds. The van der Waals surface area contributed by atoms with Gasteiger partial charge in [-0.3, -0.25) is 20.2 Å². The van der Waals surface area contributed by atoms with Crippen LogP contribution in [0, 0.1) is 20.2 Å². The number of rotatable bonds is 14. The van der Waals surface area contributed by atoms with Gasteiger partial charge in [-0.25, -0.2) is 0 Å². The van der Waals surface area contributed by atoms with Crippen molar-refractivity contribution in [1.29, 1.82) is 0 Å². The lowest BCUT2D eigenvalue weighted by Gasteiger charge is -2.09. The highest BCUT2D eigenvalue weighted by atomic mass is 16.6. The number of hydrogen-bond acceptors (Lipinski definition) is 4. The molecule has 0 aromatic heterocycles. The quantitative estimate of drug-likeness (QED) is 0.281. The van der Waals surface area contributed by atoms with E-state index in [0.717, 1.165) is 50.5 Å². The minimum absolute atomic E-state index is 0.0731. The van der Waals surface area contributed by atoms with Gasteiger partial charge in [0.05, 0.1) is 0 Å². The van der Waals surface area contributed by atoms with Crippen LogP contribution in [0.2, 0.25) is 0 Å². The van der Waals surface area contributed by atoms with Gasteiger partial charge in [0.2, 0.25) is 12.6 Å². The van der Waals surface area contributed by atoms with E-state index in [9.17, 15) is 20.2 Å². The van der Waals surface area contributed by atoms with E-state index in [1.165, 1.54) is 0 Å². The SMILES string of the molecule is O=[N+]([O-])CCCCCCCCCCC(Cc1ccccc1)[N+](=O)[O-]. The minimum Gasteiger partial charge on any atom is -0.265 e. The molecule has 0 aliphatic rings. The van der Waals surface area contributed by atoms with Crippen LogP contribution >= 0.6 is 0 Å². The van der Waals surface area contributed by atoms with Gasteiger partial charge in [-0.1, -0.05) is 62.4 Å². The number of hydrogen-bond donors (Lipinski definition) is 0. The predicted octanol–water partition coefficient (Wildman–Crippen LogP) is 4.66. The first-order valence-corrected chi connectivity index (χ1v) is 8.89. The first-order chi connectivity index (χ1) is 11.6. The van der Waals surface area contributed by atoms with E-state index in [0.29, 0.717) is 19.3 Å². The molecule has 1 rings (SSSR count). The molecule has 0 heterocycles. The molecule has 0 aliphatic heterocycles. The second-order valence-electron chi connectivity index (χ2n) is 6.30. The molecule has 24 heavy (non-hydrogen) atoms. The van der Waals surface area contributed by atoms with Gasteiger partial charge in [0.1, 0.15) is 0 Å². The lowest BCUT2D eigenvalue weighted by Crippen LogP contribution is -2.22. The van der Waals surface area contributed by atoms with Crippen LogP contribution in [0.4, 0.5) is 0 Å². The van der Waals surface area contributed by atoms with Crippen LogP contribution in [0.1, 0.15) is 63.4 Å². The Hall–Kier alpha value is -1.98. The number of benzene rings is 1. The zero-order valence-corrected chi connectivity index (χ0v) is 14.3. The van der Waals surface area contributed by atoms with Crippen molar-refractivity contribution in [3.63, 3.8) is 0 Å². The fourth-order valence-electron chi connectivity index (χ4n) is 2.85. The summed E-state index contributed by atoms with van der Waals surface area (Å²) in [5, 5.41) is 21.4. The van der Waals surface area contributed by atoms with Crippen molar-refractivity contribution in [3.8, 4) is 0 Å². The normalized spacial score (nSPS) is 12.0. The molecular weight excluding hydrogens is 308 g/mol. The fourth-order valence-corrected chi connectivity index (χ4v) is 2.85. The second-order valence-corrected chi connectivity index (χ2v) is 6.30. The maximum atomic E-state index is 11.2. The van der Waals surface area contributed by atoms with E-state index in [2.05, 4.69) is 0 Å².